The molecular formula is C28H28BrF2NO3. The van der Waals surface area contributed by atoms with Crippen LogP contribution in [0.4, 0.5) is 14.5 Å². The third kappa shape index (κ3) is 4.31. The molecule has 0 saturated heterocycles. The molecule has 35 heavy (non-hydrogen) atoms. The summed E-state index contributed by atoms with van der Waals surface area (Å²) < 4.78 is 38.5. The van der Waals surface area contributed by atoms with Gasteiger partial charge in [-0.2, -0.15) is 8.78 Å². The summed E-state index contributed by atoms with van der Waals surface area (Å²) in [5.41, 5.74) is 0.476. The van der Waals surface area contributed by atoms with Gasteiger partial charge in [-0.15, -0.1) is 0 Å². The molecule has 0 bridgehead atoms. The molecule has 4 rings (SSSR count). The van der Waals surface area contributed by atoms with Crippen molar-refractivity contribution in [3.63, 3.8) is 0 Å². The number of halogens is 3. The second-order valence-electron chi connectivity index (χ2n) is 9.29. The molecule has 7 heteroatoms. The minimum Gasteiger partial charge on any atom is -0.497 e. The first-order chi connectivity index (χ1) is 16.6. The van der Waals surface area contributed by atoms with Crippen LogP contribution in [0.15, 0.2) is 71.2 Å². The number of carboxylic acid groups (broad SMARTS) is 1. The SMILES string of the molecule is COc1ccc2c(c1)CCN(c1ccc(CC(C)C)cc1)C2(c1ccc(Br)cc1)C(F)(F)C(=O)O. The lowest BCUT2D eigenvalue weighted by Crippen LogP contribution is -2.64. The number of anilines is 1. The number of fused-ring (bicyclic) bond motifs is 1. The maximum absolute atomic E-state index is 16.2. The van der Waals surface area contributed by atoms with E-state index in [2.05, 4.69) is 29.8 Å². The summed E-state index contributed by atoms with van der Waals surface area (Å²) in [7, 11) is 1.52. The van der Waals surface area contributed by atoms with Crippen LogP contribution in [0, 0.1) is 5.92 Å². The Labute approximate surface area is 212 Å². The number of aliphatic carboxylic acids is 1. The number of benzene rings is 3. The lowest BCUT2D eigenvalue weighted by atomic mass is 9.71. The first kappa shape index (κ1) is 25.2. The maximum Gasteiger partial charge on any atom is 0.377 e. The van der Waals surface area contributed by atoms with Gasteiger partial charge in [-0.05, 0) is 77.4 Å². The largest absolute Gasteiger partial charge is 0.497 e. The first-order valence-electron chi connectivity index (χ1n) is 11.5. The second-order valence-corrected chi connectivity index (χ2v) is 10.2. The van der Waals surface area contributed by atoms with E-state index in [-0.39, 0.29) is 17.7 Å². The topological polar surface area (TPSA) is 49.8 Å². The van der Waals surface area contributed by atoms with Crippen LogP contribution in [-0.4, -0.2) is 30.7 Å². The van der Waals surface area contributed by atoms with E-state index in [1.54, 1.807) is 47.4 Å². The van der Waals surface area contributed by atoms with Crippen LogP contribution in [0.3, 0.4) is 0 Å². The molecule has 0 fully saturated rings. The van der Waals surface area contributed by atoms with Gasteiger partial charge in [-0.1, -0.05) is 60.1 Å². The average Bonchev–Trinajstić information content (AvgIpc) is 2.83. The molecule has 4 nitrogen and oxygen atoms in total. The van der Waals surface area contributed by atoms with Gasteiger partial charge in [-0.3, -0.25) is 0 Å². The molecule has 0 saturated carbocycles. The summed E-state index contributed by atoms with van der Waals surface area (Å²) >= 11 is 3.37. The smallest absolute Gasteiger partial charge is 0.377 e. The molecule has 1 aliphatic rings. The lowest BCUT2D eigenvalue weighted by Gasteiger charge is -2.52. The van der Waals surface area contributed by atoms with Gasteiger partial charge in [0.1, 0.15) is 5.75 Å². The van der Waals surface area contributed by atoms with Crippen molar-refractivity contribution >= 4 is 27.6 Å². The van der Waals surface area contributed by atoms with Gasteiger partial charge in [0.25, 0.3) is 0 Å². The maximum atomic E-state index is 16.2. The molecule has 1 N–H and O–H groups in total. The Morgan fingerprint density at radius 3 is 2.34 bits per heavy atom. The Hall–Kier alpha value is -2.93. The van der Waals surface area contributed by atoms with Crippen LogP contribution in [0.1, 0.15) is 36.1 Å². The predicted molar refractivity (Wildman–Crippen MR) is 137 cm³/mol. The van der Waals surface area contributed by atoms with E-state index < -0.39 is 17.4 Å². The van der Waals surface area contributed by atoms with Crippen molar-refractivity contribution in [3.8, 4) is 5.75 Å². The first-order valence-corrected chi connectivity index (χ1v) is 12.3. The Kier molecular flexibility index (Phi) is 6.91. The minimum absolute atomic E-state index is 0.200. The fraction of sp³-hybridized carbons (Fsp3) is 0.321. The average molecular weight is 544 g/mol. The number of nitrogens with zero attached hydrogens (tertiary/aromatic N) is 1. The molecule has 0 radical (unpaired) electrons. The van der Waals surface area contributed by atoms with Crippen molar-refractivity contribution in [1.82, 2.24) is 0 Å². The highest BCUT2D eigenvalue weighted by Crippen LogP contribution is 2.53. The summed E-state index contributed by atoms with van der Waals surface area (Å²) in [6, 6.07) is 18.9. The molecule has 3 aromatic carbocycles. The zero-order chi connectivity index (χ0) is 25.4. The van der Waals surface area contributed by atoms with Gasteiger partial charge in [-0.25, -0.2) is 4.79 Å². The highest BCUT2D eigenvalue weighted by atomic mass is 79.9. The third-order valence-corrected chi connectivity index (χ3v) is 7.12. The molecule has 0 aromatic heterocycles. The highest BCUT2D eigenvalue weighted by molar-refractivity contribution is 9.10. The van der Waals surface area contributed by atoms with Crippen molar-refractivity contribution < 1.29 is 23.4 Å². The summed E-state index contributed by atoms with van der Waals surface area (Å²) in [6.45, 7) is 4.45. The van der Waals surface area contributed by atoms with E-state index in [4.69, 9.17) is 4.74 Å². The van der Waals surface area contributed by atoms with Crippen LogP contribution >= 0.6 is 15.9 Å². The van der Waals surface area contributed by atoms with E-state index in [0.29, 0.717) is 33.8 Å². The number of carboxylic acids is 1. The standard InChI is InChI=1S/C28H28BrF2NO3/c1-18(2)16-19-4-10-23(11-5-19)32-15-14-20-17-24(35-3)12-13-25(20)27(32,28(30,31)26(33)34)21-6-8-22(29)9-7-21/h4-13,17-18H,14-16H2,1-3H3,(H,33,34). The fourth-order valence-corrected chi connectivity index (χ4v) is 5.35. The molecule has 1 unspecified atom stereocenters. The van der Waals surface area contributed by atoms with Gasteiger partial charge in [0, 0.05) is 16.7 Å². The van der Waals surface area contributed by atoms with E-state index in [9.17, 15) is 9.90 Å². The quantitative estimate of drug-likeness (QED) is 0.361. The van der Waals surface area contributed by atoms with Gasteiger partial charge in [0.2, 0.25) is 0 Å². The number of carbonyl (C=O) groups is 1. The molecule has 1 aliphatic heterocycles. The molecule has 184 valence electrons. The summed E-state index contributed by atoms with van der Waals surface area (Å²) in [5, 5.41) is 9.90. The van der Waals surface area contributed by atoms with Crippen LogP contribution < -0.4 is 9.64 Å². The Bertz CT molecular complexity index is 1210. The summed E-state index contributed by atoms with van der Waals surface area (Å²) in [6.07, 6.45) is 1.33. The monoisotopic (exact) mass is 543 g/mol. The molecule has 3 aromatic rings. The van der Waals surface area contributed by atoms with E-state index in [0.717, 1.165) is 12.0 Å². The van der Waals surface area contributed by atoms with Crippen molar-refractivity contribution in [2.24, 2.45) is 5.92 Å². The zero-order valence-electron chi connectivity index (χ0n) is 19.9. The predicted octanol–water partition coefficient (Wildman–Crippen LogP) is 6.68. The zero-order valence-corrected chi connectivity index (χ0v) is 21.5. The van der Waals surface area contributed by atoms with Gasteiger partial charge >= 0.3 is 11.9 Å². The molecule has 1 heterocycles. The fourth-order valence-electron chi connectivity index (χ4n) is 5.09. The van der Waals surface area contributed by atoms with Crippen molar-refractivity contribution in [2.45, 2.75) is 38.2 Å². The number of hydrogen-bond donors (Lipinski definition) is 1. The van der Waals surface area contributed by atoms with E-state index in [1.165, 1.54) is 7.11 Å². The van der Waals surface area contributed by atoms with Crippen LogP contribution in [0.25, 0.3) is 0 Å². The van der Waals surface area contributed by atoms with E-state index >= 15 is 8.78 Å². The number of methoxy groups -OCH3 is 1. The van der Waals surface area contributed by atoms with Gasteiger partial charge in [0.15, 0.2) is 5.54 Å². The molecule has 1 atom stereocenters. The van der Waals surface area contributed by atoms with Gasteiger partial charge < -0.3 is 14.7 Å². The normalized spacial score (nSPS) is 17.9. The minimum atomic E-state index is -4.15. The van der Waals surface area contributed by atoms with E-state index in [1.807, 2.05) is 24.3 Å². The van der Waals surface area contributed by atoms with Crippen LogP contribution in [0.2, 0.25) is 0 Å². The number of ether oxygens (including phenoxy) is 1. The lowest BCUT2D eigenvalue weighted by molar-refractivity contribution is -0.174. The Morgan fingerprint density at radius 1 is 1.11 bits per heavy atom. The van der Waals surface area contributed by atoms with Crippen molar-refractivity contribution in [3.05, 3.63) is 93.5 Å². The summed E-state index contributed by atoms with van der Waals surface area (Å²) in [5.74, 6) is -5.33. The molecule has 0 spiro atoms. The summed E-state index contributed by atoms with van der Waals surface area (Å²) in [4.78, 5) is 13.8. The van der Waals surface area contributed by atoms with Crippen LogP contribution in [-0.2, 0) is 23.2 Å². The number of alkyl halides is 2. The number of hydrogen-bond acceptors (Lipinski definition) is 3. The van der Waals surface area contributed by atoms with Crippen molar-refractivity contribution in [1.29, 1.82) is 0 Å². The Balaban J connectivity index is 2.02. The molecular weight excluding hydrogens is 516 g/mol. The molecule has 0 amide bonds. The van der Waals surface area contributed by atoms with Gasteiger partial charge in [0.05, 0.1) is 7.11 Å². The highest BCUT2D eigenvalue weighted by Gasteiger charge is 2.66. The third-order valence-electron chi connectivity index (χ3n) is 6.59. The second kappa shape index (κ2) is 9.61. The Morgan fingerprint density at radius 2 is 1.77 bits per heavy atom. The van der Waals surface area contributed by atoms with Crippen molar-refractivity contribution in [2.75, 3.05) is 18.6 Å². The van der Waals surface area contributed by atoms with Crippen LogP contribution in [0.5, 0.6) is 5.75 Å². The molecule has 0 aliphatic carbocycles. The number of rotatable bonds is 7.